The highest BCUT2D eigenvalue weighted by atomic mass is 16.6. The first-order valence-corrected chi connectivity index (χ1v) is 10.8. The van der Waals surface area contributed by atoms with Gasteiger partial charge in [-0.15, -0.1) is 0 Å². The predicted octanol–water partition coefficient (Wildman–Crippen LogP) is 4.02. The minimum absolute atomic E-state index is 0.107. The molecular weight excluding hydrogens is 394 g/mol. The molecule has 2 aromatic carbocycles. The summed E-state index contributed by atoms with van der Waals surface area (Å²) in [7, 11) is 0. The quantitative estimate of drug-likeness (QED) is 0.723. The zero-order chi connectivity index (χ0) is 22.3. The van der Waals surface area contributed by atoms with Crippen molar-refractivity contribution in [3.63, 3.8) is 0 Å². The van der Waals surface area contributed by atoms with Gasteiger partial charge in [0.2, 0.25) is 0 Å². The molecule has 0 unspecified atom stereocenters. The van der Waals surface area contributed by atoms with E-state index in [9.17, 15) is 9.90 Å². The van der Waals surface area contributed by atoms with E-state index in [0.717, 1.165) is 11.1 Å². The molecule has 1 aliphatic heterocycles. The maximum absolute atomic E-state index is 12.7. The summed E-state index contributed by atoms with van der Waals surface area (Å²) in [5, 5.41) is 10.1. The lowest BCUT2D eigenvalue weighted by atomic mass is 9.92. The molecule has 1 saturated heterocycles. The Bertz CT molecular complexity index is 806. The second-order valence-electron chi connectivity index (χ2n) is 8.92. The molecule has 6 heteroatoms. The number of nitrogens with zero attached hydrogens (tertiary/aromatic N) is 1. The van der Waals surface area contributed by atoms with Gasteiger partial charge in [-0.1, -0.05) is 60.7 Å². The lowest BCUT2D eigenvalue weighted by Gasteiger charge is -2.43. The monoisotopic (exact) mass is 427 g/mol. The number of amides is 1. The third-order valence-electron chi connectivity index (χ3n) is 5.16. The van der Waals surface area contributed by atoms with Crippen LogP contribution in [0.4, 0.5) is 4.79 Å². The van der Waals surface area contributed by atoms with E-state index in [-0.39, 0.29) is 24.7 Å². The van der Waals surface area contributed by atoms with Gasteiger partial charge in [-0.3, -0.25) is 0 Å². The van der Waals surface area contributed by atoms with Crippen LogP contribution in [0.1, 0.15) is 31.9 Å². The van der Waals surface area contributed by atoms with E-state index >= 15 is 0 Å². The molecule has 1 N–H and O–H groups in total. The second-order valence-corrected chi connectivity index (χ2v) is 8.92. The van der Waals surface area contributed by atoms with Crippen molar-refractivity contribution in [1.29, 1.82) is 0 Å². The molecule has 0 radical (unpaired) electrons. The minimum Gasteiger partial charge on any atom is -0.444 e. The fourth-order valence-electron chi connectivity index (χ4n) is 3.66. The summed E-state index contributed by atoms with van der Waals surface area (Å²) < 4.78 is 18.0. The molecule has 1 aliphatic rings. The van der Waals surface area contributed by atoms with Crippen molar-refractivity contribution in [1.82, 2.24) is 4.90 Å². The van der Waals surface area contributed by atoms with E-state index in [1.807, 2.05) is 81.4 Å². The highest BCUT2D eigenvalue weighted by molar-refractivity contribution is 5.68. The largest absolute Gasteiger partial charge is 0.444 e. The van der Waals surface area contributed by atoms with Crippen molar-refractivity contribution in [2.75, 3.05) is 19.7 Å². The maximum Gasteiger partial charge on any atom is 0.410 e. The molecule has 0 aromatic heterocycles. The molecule has 0 bridgehead atoms. The van der Waals surface area contributed by atoms with Crippen molar-refractivity contribution in [3.05, 3.63) is 71.8 Å². The first-order valence-electron chi connectivity index (χ1n) is 10.8. The zero-order valence-electron chi connectivity index (χ0n) is 18.6. The molecule has 0 saturated carbocycles. The first kappa shape index (κ1) is 23.3. The Hall–Kier alpha value is -2.41. The fourth-order valence-corrected chi connectivity index (χ4v) is 3.66. The summed E-state index contributed by atoms with van der Waals surface area (Å²) in [6.45, 7) is 6.93. The Morgan fingerprint density at radius 3 is 2.00 bits per heavy atom. The van der Waals surface area contributed by atoms with E-state index in [0.29, 0.717) is 26.3 Å². The molecule has 168 valence electrons. The summed E-state index contributed by atoms with van der Waals surface area (Å²) in [4.78, 5) is 14.3. The molecular formula is C25H33NO5. The van der Waals surface area contributed by atoms with Crippen LogP contribution in [-0.2, 0) is 27.4 Å². The van der Waals surface area contributed by atoms with Crippen LogP contribution < -0.4 is 0 Å². The average Bonchev–Trinajstić information content (AvgIpc) is 2.76. The van der Waals surface area contributed by atoms with E-state index in [1.54, 1.807) is 4.90 Å². The second kappa shape index (κ2) is 10.8. The maximum atomic E-state index is 12.7. The lowest BCUT2D eigenvalue weighted by Crippen LogP contribution is -2.57. The summed E-state index contributed by atoms with van der Waals surface area (Å²) in [6.07, 6.45) is -1.13. The molecule has 1 amide bonds. The Morgan fingerprint density at radius 2 is 1.48 bits per heavy atom. The van der Waals surface area contributed by atoms with Crippen LogP contribution in [0, 0.1) is 5.92 Å². The van der Waals surface area contributed by atoms with Gasteiger partial charge in [0.05, 0.1) is 32.5 Å². The van der Waals surface area contributed by atoms with Gasteiger partial charge in [-0.25, -0.2) is 4.79 Å². The smallest absolute Gasteiger partial charge is 0.410 e. The number of aliphatic hydroxyl groups excluding tert-OH is 1. The normalized spacial score (nSPS) is 21.7. The van der Waals surface area contributed by atoms with Crippen LogP contribution in [0.15, 0.2) is 60.7 Å². The molecule has 0 aliphatic carbocycles. The number of hydrogen-bond acceptors (Lipinski definition) is 5. The van der Waals surface area contributed by atoms with Gasteiger partial charge in [-0.05, 0) is 31.9 Å². The van der Waals surface area contributed by atoms with E-state index in [4.69, 9.17) is 14.2 Å². The van der Waals surface area contributed by atoms with Gasteiger partial charge in [0.25, 0.3) is 0 Å². The summed E-state index contributed by atoms with van der Waals surface area (Å²) in [5.74, 6) is -0.272. The number of benzene rings is 2. The Balaban J connectivity index is 1.74. The van der Waals surface area contributed by atoms with Crippen LogP contribution in [0.3, 0.4) is 0 Å². The van der Waals surface area contributed by atoms with Crippen molar-refractivity contribution >= 4 is 6.09 Å². The topological polar surface area (TPSA) is 68.2 Å². The van der Waals surface area contributed by atoms with Gasteiger partial charge >= 0.3 is 6.09 Å². The first-order chi connectivity index (χ1) is 14.9. The van der Waals surface area contributed by atoms with E-state index in [1.165, 1.54) is 0 Å². The molecule has 2 aromatic rings. The van der Waals surface area contributed by atoms with E-state index < -0.39 is 11.7 Å². The third kappa shape index (κ3) is 7.06. The Morgan fingerprint density at radius 1 is 0.935 bits per heavy atom. The number of likely N-dealkylation sites (tertiary alicyclic amines) is 1. The van der Waals surface area contributed by atoms with Crippen LogP contribution in [0.25, 0.3) is 0 Å². The zero-order valence-corrected chi connectivity index (χ0v) is 18.6. The van der Waals surface area contributed by atoms with Crippen LogP contribution >= 0.6 is 0 Å². The van der Waals surface area contributed by atoms with Crippen molar-refractivity contribution in [2.24, 2.45) is 5.92 Å². The molecule has 3 atom stereocenters. The Labute approximate surface area is 184 Å². The average molecular weight is 428 g/mol. The lowest BCUT2D eigenvalue weighted by molar-refractivity contribution is -0.149. The van der Waals surface area contributed by atoms with Crippen molar-refractivity contribution < 1.29 is 24.1 Å². The van der Waals surface area contributed by atoms with Gasteiger partial charge in [0.1, 0.15) is 11.7 Å². The van der Waals surface area contributed by atoms with Crippen molar-refractivity contribution in [3.8, 4) is 0 Å². The standard InChI is InChI=1S/C25H33NO5/c1-25(2,3)31-24(28)26-14-21(16-27)23(30-18-20-12-8-5-9-13-20)22(15-26)29-17-19-10-6-4-7-11-19/h4-13,21-23,27H,14-18H2,1-3H3/t21-,22-,23+/m0/s1. The number of ether oxygens (including phenoxy) is 3. The van der Waals surface area contributed by atoms with E-state index in [2.05, 4.69) is 0 Å². The summed E-state index contributed by atoms with van der Waals surface area (Å²) in [6, 6.07) is 19.8. The highest BCUT2D eigenvalue weighted by Gasteiger charge is 2.41. The number of carbonyl (C=O) groups is 1. The molecule has 6 nitrogen and oxygen atoms in total. The van der Waals surface area contributed by atoms with Gasteiger partial charge < -0.3 is 24.2 Å². The minimum atomic E-state index is -0.590. The highest BCUT2D eigenvalue weighted by Crippen LogP contribution is 2.26. The summed E-state index contributed by atoms with van der Waals surface area (Å²) in [5.41, 5.74) is 1.50. The number of piperidine rings is 1. The molecule has 31 heavy (non-hydrogen) atoms. The summed E-state index contributed by atoms with van der Waals surface area (Å²) >= 11 is 0. The predicted molar refractivity (Wildman–Crippen MR) is 118 cm³/mol. The SMILES string of the molecule is CC(C)(C)OC(=O)N1C[C@@H](CO)[C@@H](OCc2ccccc2)[C@@H](OCc2ccccc2)C1. The number of aliphatic hydroxyl groups is 1. The Kier molecular flexibility index (Phi) is 8.07. The van der Waals surface area contributed by atoms with Gasteiger partial charge in [-0.2, -0.15) is 0 Å². The van der Waals surface area contributed by atoms with Crippen LogP contribution in [0.2, 0.25) is 0 Å². The van der Waals surface area contributed by atoms with Crippen LogP contribution in [-0.4, -0.2) is 53.6 Å². The van der Waals surface area contributed by atoms with Gasteiger partial charge in [0.15, 0.2) is 0 Å². The van der Waals surface area contributed by atoms with Crippen LogP contribution in [0.5, 0.6) is 0 Å². The van der Waals surface area contributed by atoms with Gasteiger partial charge in [0, 0.05) is 12.5 Å². The number of carbonyl (C=O) groups excluding carboxylic acids is 1. The fraction of sp³-hybridized carbons (Fsp3) is 0.480. The van der Waals surface area contributed by atoms with Crippen molar-refractivity contribution in [2.45, 2.75) is 51.8 Å². The molecule has 3 rings (SSSR count). The molecule has 0 spiro atoms. The molecule has 1 fully saturated rings. The molecule has 1 heterocycles. The third-order valence-corrected chi connectivity index (χ3v) is 5.16. The number of hydrogen-bond donors (Lipinski definition) is 1. The number of rotatable bonds is 7.